The molecule has 0 saturated carbocycles. The van der Waals surface area contributed by atoms with Crippen LogP contribution in [-0.4, -0.2) is 38.8 Å². The van der Waals surface area contributed by atoms with Gasteiger partial charge in [0.25, 0.3) is 0 Å². The Labute approximate surface area is 91.8 Å². The maximum absolute atomic E-state index is 11.4. The van der Waals surface area contributed by atoms with E-state index in [4.69, 9.17) is 11.2 Å². The topological polar surface area (TPSA) is 50.4 Å². The van der Waals surface area contributed by atoms with E-state index in [-0.39, 0.29) is 11.9 Å². The molecule has 1 amide bonds. The summed E-state index contributed by atoms with van der Waals surface area (Å²) in [5, 5.41) is 5.83. The molecule has 0 fully saturated rings. The van der Waals surface area contributed by atoms with Crippen molar-refractivity contribution >= 4 is 5.91 Å². The van der Waals surface area contributed by atoms with Crippen LogP contribution in [0.5, 0.6) is 0 Å². The van der Waals surface area contributed by atoms with Crippen LogP contribution in [0.15, 0.2) is 0 Å². The lowest BCUT2D eigenvalue weighted by atomic mass is 10.1. The first-order valence-electron chi connectivity index (χ1n) is 5.17. The molecule has 1 atom stereocenters. The molecule has 0 bridgehead atoms. The van der Waals surface area contributed by atoms with Crippen LogP contribution in [0.1, 0.15) is 19.8 Å². The third kappa shape index (κ3) is 7.98. The molecule has 0 aromatic rings. The Morgan fingerprint density at radius 3 is 2.87 bits per heavy atom. The van der Waals surface area contributed by atoms with Gasteiger partial charge < -0.3 is 15.4 Å². The molecular formula is C11H20N2O2. The smallest absolute Gasteiger partial charge is 0.234 e. The highest BCUT2D eigenvalue weighted by Gasteiger charge is 2.07. The number of hydrogen-bond acceptors (Lipinski definition) is 3. The van der Waals surface area contributed by atoms with E-state index in [2.05, 4.69) is 16.6 Å². The third-order valence-electron chi connectivity index (χ3n) is 1.99. The second-order valence-corrected chi connectivity index (χ2v) is 3.25. The van der Waals surface area contributed by atoms with E-state index in [0.717, 1.165) is 6.42 Å². The van der Waals surface area contributed by atoms with Crippen molar-refractivity contribution in [2.75, 3.05) is 26.8 Å². The van der Waals surface area contributed by atoms with Crippen LogP contribution in [-0.2, 0) is 9.53 Å². The van der Waals surface area contributed by atoms with Crippen LogP contribution in [0.3, 0.4) is 0 Å². The highest BCUT2D eigenvalue weighted by molar-refractivity contribution is 5.78. The quantitative estimate of drug-likeness (QED) is 0.444. The summed E-state index contributed by atoms with van der Waals surface area (Å²) in [4.78, 5) is 11.4. The Balaban J connectivity index is 3.58. The van der Waals surface area contributed by atoms with Gasteiger partial charge in [-0.1, -0.05) is 6.92 Å². The monoisotopic (exact) mass is 212 g/mol. The van der Waals surface area contributed by atoms with Crippen molar-refractivity contribution in [3.8, 4) is 12.3 Å². The van der Waals surface area contributed by atoms with Crippen molar-refractivity contribution in [1.29, 1.82) is 0 Å². The molecule has 0 spiro atoms. The van der Waals surface area contributed by atoms with Gasteiger partial charge in [-0.15, -0.1) is 12.3 Å². The maximum Gasteiger partial charge on any atom is 0.234 e. The average molecular weight is 212 g/mol. The Morgan fingerprint density at radius 1 is 1.60 bits per heavy atom. The molecule has 2 N–H and O–H groups in total. The van der Waals surface area contributed by atoms with E-state index < -0.39 is 0 Å². The first-order valence-corrected chi connectivity index (χ1v) is 5.17. The molecule has 15 heavy (non-hydrogen) atoms. The van der Waals surface area contributed by atoms with Gasteiger partial charge in [0.15, 0.2) is 0 Å². The van der Waals surface area contributed by atoms with Gasteiger partial charge in [-0.05, 0) is 6.42 Å². The predicted molar refractivity (Wildman–Crippen MR) is 60.4 cm³/mol. The first-order chi connectivity index (χ1) is 7.24. The molecule has 0 aliphatic carbocycles. The van der Waals surface area contributed by atoms with E-state index in [1.807, 2.05) is 6.92 Å². The van der Waals surface area contributed by atoms with E-state index in [0.29, 0.717) is 26.1 Å². The summed E-state index contributed by atoms with van der Waals surface area (Å²) in [5.74, 6) is 2.53. The van der Waals surface area contributed by atoms with E-state index in [9.17, 15) is 4.79 Å². The number of methoxy groups -OCH3 is 1. The number of nitrogens with one attached hydrogen (secondary N) is 2. The van der Waals surface area contributed by atoms with Crippen molar-refractivity contribution in [2.24, 2.45) is 0 Å². The zero-order valence-electron chi connectivity index (χ0n) is 9.51. The Bertz CT molecular complexity index is 211. The Morgan fingerprint density at radius 2 is 2.33 bits per heavy atom. The predicted octanol–water partition coefficient (Wildman–Crippen LogP) is 0.141. The van der Waals surface area contributed by atoms with Crippen molar-refractivity contribution in [3.63, 3.8) is 0 Å². The van der Waals surface area contributed by atoms with Gasteiger partial charge in [0.1, 0.15) is 0 Å². The molecule has 0 aliphatic rings. The molecule has 86 valence electrons. The molecule has 4 nitrogen and oxygen atoms in total. The van der Waals surface area contributed by atoms with Crippen molar-refractivity contribution < 1.29 is 9.53 Å². The Hall–Kier alpha value is -1.05. The molecular weight excluding hydrogens is 192 g/mol. The van der Waals surface area contributed by atoms with E-state index >= 15 is 0 Å². The lowest BCUT2D eigenvalue weighted by molar-refractivity contribution is -0.120. The van der Waals surface area contributed by atoms with Crippen molar-refractivity contribution in [1.82, 2.24) is 10.6 Å². The average Bonchev–Trinajstić information content (AvgIpc) is 2.24. The number of amides is 1. The van der Waals surface area contributed by atoms with Gasteiger partial charge in [-0.2, -0.15) is 0 Å². The third-order valence-corrected chi connectivity index (χ3v) is 1.99. The second kappa shape index (κ2) is 9.50. The lowest BCUT2D eigenvalue weighted by Gasteiger charge is -2.14. The number of carbonyl (C=O) groups is 1. The minimum Gasteiger partial charge on any atom is -0.383 e. The fourth-order valence-corrected chi connectivity index (χ4v) is 1.09. The van der Waals surface area contributed by atoms with Gasteiger partial charge in [0, 0.05) is 26.1 Å². The second-order valence-electron chi connectivity index (χ2n) is 3.25. The molecule has 1 unspecified atom stereocenters. The van der Waals surface area contributed by atoms with Crippen molar-refractivity contribution in [3.05, 3.63) is 0 Å². The molecule has 0 aromatic carbocycles. The SMILES string of the molecule is C#CCC(CC)NC(=O)CNCCOC. The molecule has 0 aromatic heterocycles. The summed E-state index contributed by atoms with van der Waals surface area (Å²) >= 11 is 0. The number of carbonyl (C=O) groups excluding carboxylic acids is 1. The molecule has 4 heteroatoms. The summed E-state index contributed by atoms with van der Waals surface area (Å²) in [5.41, 5.74) is 0. The van der Waals surface area contributed by atoms with Crippen LogP contribution in [0.2, 0.25) is 0 Å². The number of rotatable bonds is 8. The minimum atomic E-state index is -0.0202. The largest absolute Gasteiger partial charge is 0.383 e. The summed E-state index contributed by atoms with van der Waals surface area (Å²) < 4.78 is 4.84. The van der Waals surface area contributed by atoms with Crippen LogP contribution < -0.4 is 10.6 Å². The van der Waals surface area contributed by atoms with Gasteiger partial charge in [-0.3, -0.25) is 4.79 Å². The first kappa shape index (κ1) is 13.9. The summed E-state index contributed by atoms with van der Waals surface area (Å²) in [6.07, 6.45) is 6.63. The molecule has 0 aliphatic heterocycles. The molecule has 0 rings (SSSR count). The normalized spacial score (nSPS) is 11.8. The number of ether oxygens (including phenoxy) is 1. The molecule has 0 saturated heterocycles. The van der Waals surface area contributed by atoms with E-state index in [1.165, 1.54) is 0 Å². The number of hydrogen-bond donors (Lipinski definition) is 2. The number of terminal acetylenes is 1. The minimum absolute atomic E-state index is 0.0202. The molecule has 0 radical (unpaired) electrons. The van der Waals surface area contributed by atoms with Gasteiger partial charge in [0.2, 0.25) is 5.91 Å². The lowest BCUT2D eigenvalue weighted by Crippen LogP contribution is -2.40. The highest BCUT2D eigenvalue weighted by atomic mass is 16.5. The van der Waals surface area contributed by atoms with Gasteiger partial charge in [0.05, 0.1) is 13.2 Å². The van der Waals surface area contributed by atoms with E-state index in [1.54, 1.807) is 7.11 Å². The summed E-state index contributed by atoms with van der Waals surface area (Å²) in [6, 6.07) is 0.0896. The van der Waals surface area contributed by atoms with Crippen LogP contribution in [0.25, 0.3) is 0 Å². The van der Waals surface area contributed by atoms with Crippen LogP contribution in [0.4, 0.5) is 0 Å². The highest BCUT2D eigenvalue weighted by Crippen LogP contribution is 1.94. The van der Waals surface area contributed by atoms with Crippen molar-refractivity contribution in [2.45, 2.75) is 25.8 Å². The summed E-state index contributed by atoms with van der Waals surface area (Å²) in [6.45, 7) is 3.59. The molecule has 0 heterocycles. The standard InChI is InChI=1S/C11H20N2O2/c1-4-6-10(5-2)13-11(14)9-12-7-8-15-3/h1,10,12H,5-9H2,2-3H3,(H,13,14). The fraction of sp³-hybridized carbons (Fsp3) is 0.727. The zero-order valence-corrected chi connectivity index (χ0v) is 9.51. The zero-order chi connectivity index (χ0) is 11.5. The van der Waals surface area contributed by atoms with Crippen LogP contribution in [0, 0.1) is 12.3 Å². The Kier molecular flexibility index (Phi) is 8.84. The van der Waals surface area contributed by atoms with Crippen LogP contribution >= 0.6 is 0 Å². The maximum atomic E-state index is 11.4. The fourth-order valence-electron chi connectivity index (χ4n) is 1.09. The van der Waals surface area contributed by atoms with Gasteiger partial charge in [-0.25, -0.2) is 0 Å². The van der Waals surface area contributed by atoms with Gasteiger partial charge >= 0.3 is 0 Å². The summed E-state index contributed by atoms with van der Waals surface area (Å²) in [7, 11) is 1.63.